The number of aliphatic carboxylic acids is 1. The maximum Gasteiger partial charge on any atom is 0.323 e. The van der Waals surface area contributed by atoms with Gasteiger partial charge >= 0.3 is 5.97 Å². The number of hydrogen-bond donors (Lipinski definition) is 3. The van der Waals surface area contributed by atoms with E-state index in [1.54, 1.807) is 29.6 Å². The smallest absolute Gasteiger partial charge is 0.323 e. The Labute approximate surface area is 194 Å². The molecule has 0 spiro atoms. The summed E-state index contributed by atoms with van der Waals surface area (Å²) in [6.45, 7) is 0.0582. The molecule has 33 heavy (non-hydrogen) atoms. The summed E-state index contributed by atoms with van der Waals surface area (Å²) in [5.41, 5.74) is 1.30. The summed E-state index contributed by atoms with van der Waals surface area (Å²) in [5.74, 6) is -2.33. The van der Waals surface area contributed by atoms with Crippen LogP contribution in [0.25, 0.3) is 0 Å². The lowest BCUT2D eigenvalue weighted by Gasteiger charge is -2.35. The Kier molecular flexibility index (Phi) is 7.64. The highest BCUT2D eigenvalue weighted by Gasteiger charge is 2.28. The average molecular weight is 492 g/mol. The van der Waals surface area contributed by atoms with Crippen LogP contribution >= 0.6 is 11.3 Å². The van der Waals surface area contributed by atoms with Crippen molar-refractivity contribution in [1.82, 2.24) is 14.9 Å². The maximum absolute atomic E-state index is 12.5. The second kappa shape index (κ2) is 10.4. The number of anilines is 1. The number of nitrogens with one attached hydrogen (secondary N) is 2. The van der Waals surface area contributed by atoms with Gasteiger partial charge in [0, 0.05) is 25.3 Å². The third kappa shape index (κ3) is 6.28. The molecule has 0 radical (unpaired) electrons. The van der Waals surface area contributed by atoms with E-state index in [0.29, 0.717) is 12.1 Å². The number of nitriles is 1. The number of rotatable bonds is 9. The first kappa shape index (κ1) is 24.2. The van der Waals surface area contributed by atoms with Crippen molar-refractivity contribution >= 4 is 44.8 Å². The third-order valence-corrected chi connectivity index (χ3v) is 7.74. The summed E-state index contributed by atoms with van der Waals surface area (Å²) in [4.78, 5) is 39.4. The average Bonchev–Trinajstić information content (AvgIpc) is 3.34. The van der Waals surface area contributed by atoms with Gasteiger partial charge in [0.15, 0.2) is 0 Å². The maximum atomic E-state index is 12.5. The lowest BCUT2D eigenvalue weighted by Crippen LogP contribution is -2.54. The van der Waals surface area contributed by atoms with Gasteiger partial charge in [0.25, 0.3) is 10.0 Å². The summed E-state index contributed by atoms with van der Waals surface area (Å²) in [6.07, 6.45) is 0. The number of carboxylic acid groups (broad SMARTS) is 1. The summed E-state index contributed by atoms with van der Waals surface area (Å²) in [7, 11) is -4.03. The first-order valence-electron chi connectivity index (χ1n) is 9.78. The fraction of sp³-hybridized carbons (Fsp3) is 0.300. The van der Waals surface area contributed by atoms with Crippen LogP contribution in [0.1, 0.15) is 5.56 Å². The predicted octanol–water partition coefficient (Wildman–Crippen LogP) is -0.184. The number of carbonyl (C=O) groups is 3. The fourth-order valence-electron chi connectivity index (χ4n) is 3.13. The third-order valence-electron chi connectivity index (χ3n) is 4.87. The first-order chi connectivity index (χ1) is 15.7. The van der Waals surface area contributed by atoms with Crippen molar-refractivity contribution in [3.05, 3.63) is 47.3 Å². The van der Waals surface area contributed by atoms with Crippen LogP contribution in [0.5, 0.6) is 0 Å². The number of nitrogens with zero attached hydrogens (tertiary/aromatic N) is 3. The Hall–Kier alpha value is -3.47. The van der Waals surface area contributed by atoms with Crippen molar-refractivity contribution in [2.24, 2.45) is 0 Å². The van der Waals surface area contributed by atoms with Gasteiger partial charge in [-0.3, -0.25) is 14.4 Å². The van der Waals surface area contributed by atoms with E-state index in [4.69, 9.17) is 5.26 Å². The zero-order valence-electron chi connectivity index (χ0n) is 17.3. The SMILES string of the molecule is N#Cc1ccc(N2CCN(CC(=O)NC[C@H](NS(=O)(=O)c3cccs3)C(=O)O)C(=O)C2)cc1. The van der Waals surface area contributed by atoms with Crippen molar-refractivity contribution in [3.63, 3.8) is 0 Å². The zero-order chi connectivity index (χ0) is 24.0. The highest BCUT2D eigenvalue weighted by Crippen LogP contribution is 2.18. The van der Waals surface area contributed by atoms with Crippen molar-refractivity contribution in [3.8, 4) is 6.07 Å². The summed E-state index contributed by atoms with van der Waals surface area (Å²) < 4.78 is 26.5. The molecule has 0 saturated carbocycles. The molecule has 1 aliphatic rings. The quantitative estimate of drug-likeness (QED) is 0.435. The molecule has 2 aromatic rings. The van der Waals surface area contributed by atoms with Crippen molar-refractivity contribution < 1.29 is 27.9 Å². The topological polar surface area (TPSA) is 160 Å². The number of thiophene rings is 1. The molecule has 13 heteroatoms. The van der Waals surface area contributed by atoms with E-state index in [0.717, 1.165) is 17.0 Å². The van der Waals surface area contributed by atoms with Crippen LogP contribution in [-0.4, -0.2) is 75.0 Å². The molecule has 0 unspecified atom stereocenters. The van der Waals surface area contributed by atoms with Gasteiger partial charge in [-0.2, -0.15) is 9.98 Å². The van der Waals surface area contributed by atoms with Crippen LogP contribution in [0.15, 0.2) is 46.0 Å². The van der Waals surface area contributed by atoms with Crippen molar-refractivity contribution in [1.29, 1.82) is 5.26 Å². The Morgan fingerprint density at radius 2 is 1.94 bits per heavy atom. The van der Waals surface area contributed by atoms with Crippen molar-refractivity contribution in [2.45, 2.75) is 10.3 Å². The van der Waals surface area contributed by atoms with Gasteiger partial charge in [0.05, 0.1) is 24.7 Å². The number of benzene rings is 1. The molecule has 11 nitrogen and oxygen atoms in total. The highest BCUT2D eigenvalue weighted by atomic mass is 32.2. The number of piperazine rings is 1. The first-order valence-corrected chi connectivity index (χ1v) is 12.1. The second-order valence-corrected chi connectivity index (χ2v) is 10.0. The molecule has 1 saturated heterocycles. The van der Waals surface area contributed by atoms with Crippen LogP contribution in [0.3, 0.4) is 0 Å². The largest absolute Gasteiger partial charge is 0.480 e. The number of amides is 2. The molecule has 1 aromatic carbocycles. The van der Waals surface area contributed by atoms with Gasteiger partial charge in [-0.05, 0) is 35.7 Å². The number of hydrogen-bond acceptors (Lipinski definition) is 8. The van der Waals surface area contributed by atoms with Crippen LogP contribution in [0.2, 0.25) is 0 Å². The van der Waals surface area contributed by atoms with Gasteiger partial charge < -0.3 is 20.2 Å². The molecular formula is C20H21N5O6S2. The van der Waals surface area contributed by atoms with Gasteiger partial charge in [0.1, 0.15) is 10.3 Å². The number of carboxylic acids is 1. The molecule has 1 aliphatic heterocycles. The van der Waals surface area contributed by atoms with E-state index in [2.05, 4.69) is 10.0 Å². The minimum atomic E-state index is -4.03. The monoisotopic (exact) mass is 491 g/mol. The second-order valence-electron chi connectivity index (χ2n) is 7.14. The lowest BCUT2D eigenvalue weighted by atomic mass is 10.2. The Morgan fingerprint density at radius 1 is 1.21 bits per heavy atom. The lowest BCUT2D eigenvalue weighted by molar-refractivity contribution is -0.139. The van der Waals surface area contributed by atoms with Crippen LogP contribution < -0.4 is 14.9 Å². The fourth-order valence-corrected chi connectivity index (χ4v) is 5.33. The van der Waals surface area contributed by atoms with Crippen LogP contribution in [0, 0.1) is 11.3 Å². The minimum absolute atomic E-state index is 0.0363. The molecule has 3 rings (SSSR count). The summed E-state index contributed by atoms with van der Waals surface area (Å²) in [5, 5.41) is 22.1. The molecule has 3 N–H and O–H groups in total. The van der Waals surface area contributed by atoms with E-state index in [1.807, 2.05) is 11.0 Å². The molecule has 2 amide bonds. The molecular weight excluding hydrogens is 470 g/mol. The van der Waals surface area contributed by atoms with Gasteiger partial charge in [-0.25, -0.2) is 8.42 Å². The molecule has 2 heterocycles. The molecule has 174 valence electrons. The molecule has 0 bridgehead atoms. The normalized spacial score (nSPS) is 15.1. The van der Waals surface area contributed by atoms with Gasteiger partial charge in [-0.1, -0.05) is 6.07 Å². The van der Waals surface area contributed by atoms with Crippen LogP contribution in [-0.2, 0) is 24.4 Å². The zero-order valence-corrected chi connectivity index (χ0v) is 18.9. The van der Waals surface area contributed by atoms with Crippen molar-refractivity contribution in [2.75, 3.05) is 37.6 Å². The van der Waals surface area contributed by atoms with Crippen LogP contribution in [0.4, 0.5) is 5.69 Å². The standard InChI is InChI=1S/C20H21N5O6S2/c21-10-14-3-5-15(6-4-14)24-7-8-25(18(27)13-24)12-17(26)22-11-16(20(28)29)23-33(30,31)19-2-1-9-32-19/h1-6,9,16,23H,7-8,11-13H2,(H,22,26)(H,28,29)/t16-/m0/s1. The predicted molar refractivity (Wildman–Crippen MR) is 119 cm³/mol. The summed E-state index contributed by atoms with van der Waals surface area (Å²) >= 11 is 0.939. The molecule has 1 atom stereocenters. The van der Waals surface area contributed by atoms with Gasteiger partial charge in [-0.15, -0.1) is 11.3 Å². The highest BCUT2D eigenvalue weighted by molar-refractivity contribution is 7.91. The summed E-state index contributed by atoms with van der Waals surface area (Å²) in [6, 6.07) is 10.1. The van der Waals surface area contributed by atoms with E-state index in [9.17, 15) is 27.9 Å². The molecule has 1 aromatic heterocycles. The van der Waals surface area contributed by atoms with E-state index < -0.39 is 34.5 Å². The van der Waals surface area contributed by atoms with E-state index in [-0.39, 0.29) is 29.8 Å². The number of sulfonamides is 1. The molecule has 0 aliphatic carbocycles. The van der Waals surface area contributed by atoms with Gasteiger partial charge in [0.2, 0.25) is 11.8 Å². The van der Waals surface area contributed by atoms with E-state index >= 15 is 0 Å². The molecule has 1 fully saturated rings. The Morgan fingerprint density at radius 3 is 2.52 bits per heavy atom. The number of carbonyl (C=O) groups excluding carboxylic acids is 2. The van der Waals surface area contributed by atoms with E-state index in [1.165, 1.54) is 17.0 Å². The Bertz CT molecular complexity index is 1160. The minimum Gasteiger partial charge on any atom is -0.480 e. The Balaban J connectivity index is 1.51.